The van der Waals surface area contributed by atoms with E-state index in [0.29, 0.717) is 5.88 Å². The first-order valence-corrected chi connectivity index (χ1v) is 7.96. The van der Waals surface area contributed by atoms with Crippen molar-refractivity contribution in [2.75, 3.05) is 13.1 Å². The third-order valence-electron chi connectivity index (χ3n) is 3.52. The van der Waals surface area contributed by atoms with Crippen molar-refractivity contribution in [3.63, 3.8) is 0 Å². The first-order chi connectivity index (χ1) is 8.33. The van der Waals surface area contributed by atoms with Crippen LogP contribution in [0.15, 0.2) is 5.38 Å². The molecule has 0 radical (unpaired) electrons. The molecule has 0 amide bonds. The van der Waals surface area contributed by atoms with Crippen molar-refractivity contribution >= 4 is 22.9 Å². The van der Waals surface area contributed by atoms with Crippen molar-refractivity contribution in [2.45, 2.75) is 38.1 Å². The van der Waals surface area contributed by atoms with Crippen LogP contribution in [0.4, 0.5) is 0 Å². The Balaban J connectivity index is 1.56. The molecule has 2 fully saturated rings. The van der Waals surface area contributed by atoms with Crippen LogP contribution in [-0.2, 0) is 12.4 Å². The van der Waals surface area contributed by atoms with Crippen LogP contribution in [-0.4, -0.2) is 23.0 Å². The molecule has 2 nitrogen and oxygen atoms in total. The fourth-order valence-corrected chi connectivity index (χ4v) is 3.27. The van der Waals surface area contributed by atoms with Crippen LogP contribution < -0.4 is 0 Å². The molecule has 2 saturated carbocycles. The average Bonchev–Trinajstić information content (AvgIpc) is 3.22. The summed E-state index contributed by atoms with van der Waals surface area (Å²) in [6.45, 7) is 3.60. The van der Waals surface area contributed by atoms with Gasteiger partial charge in [-0.05, 0) is 37.5 Å². The van der Waals surface area contributed by atoms with E-state index in [1.165, 1.54) is 43.8 Å². The maximum Gasteiger partial charge on any atom is 0.107 e. The SMILES string of the molecule is ClCc1csc(CN(CC2CC2)CC2CC2)n1. The van der Waals surface area contributed by atoms with Crippen LogP contribution in [0.3, 0.4) is 0 Å². The van der Waals surface area contributed by atoms with Crippen LogP contribution >= 0.6 is 22.9 Å². The number of rotatable bonds is 7. The molecule has 4 heteroatoms. The van der Waals surface area contributed by atoms with Gasteiger partial charge in [-0.25, -0.2) is 4.98 Å². The Kier molecular flexibility index (Phi) is 3.69. The summed E-state index contributed by atoms with van der Waals surface area (Å²) < 4.78 is 0. The predicted molar refractivity (Wildman–Crippen MR) is 72.4 cm³/mol. The van der Waals surface area contributed by atoms with Crippen molar-refractivity contribution in [1.82, 2.24) is 9.88 Å². The molecule has 0 aromatic carbocycles. The fraction of sp³-hybridized carbons (Fsp3) is 0.769. The summed E-state index contributed by atoms with van der Waals surface area (Å²) >= 11 is 7.56. The van der Waals surface area contributed by atoms with Crippen molar-refractivity contribution < 1.29 is 0 Å². The number of alkyl halides is 1. The number of aromatic nitrogens is 1. The third kappa shape index (κ3) is 3.67. The highest BCUT2D eigenvalue weighted by Gasteiger charge is 2.29. The van der Waals surface area contributed by atoms with Gasteiger partial charge in [-0.1, -0.05) is 0 Å². The lowest BCUT2D eigenvalue weighted by molar-refractivity contribution is 0.244. The molecule has 0 aliphatic heterocycles. The third-order valence-corrected chi connectivity index (χ3v) is 4.68. The van der Waals surface area contributed by atoms with Crippen molar-refractivity contribution in [3.8, 4) is 0 Å². The van der Waals surface area contributed by atoms with Gasteiger partial charge in [0, 0.05) is 18.5 Å². The molecule has 0 bridgehead atoms. The van der Waals surface area contributed by atoms with Crippen molar-refractivity contribution in [3.05, 3.63) is 16.1 Å². The molecule has 0 atom stereocenters. The van der Waals surface area contributed by atoms with E-state index < -0.39 is 0 Å². The number of nitrogens with zero attached hydrogens (tertiary/aromatic N) is 2. The second-order valence-electron chi connectivity index (χ2n) is 5.45. The summed E-state index contributed by atoms with van der Waals surface area (Å²) in [5.74, 6) is 2.49. The van der Waals surface area contributed by atoms with Crippen LogP contribution in [0.25, 0.3) is 0 Å². The first-order valence-electron chi connectivity index (χ1n) is 6.55. The summed E-state index contributed by atoms with van der Waals surface area (Å²) in [6.07, 6.45) is 5.75. The molecule has 0 unspecified atom stereocenters. The Bertz CT molecular complexity index is 357. The average molecular weight is 271 g/mol. The van der Waals surface area contributed by atoms with Gasteiger partial charge in [-0.2, -0.15) is 0 Å². The zero-order valence-electron chi connectivity index (χ0n) is 10.1. The van der Waals surface area contributed by atoms with E-state index in [1.807, 2.05) is 0 Å². The number of hydrogen-bond donors (Lipinski definition) is 0. The van der Waals surface area contributed by atoms with E-state index in [0.717, 1.165) is 24.1 Å². The number of hydrogen-bond acceptors (Lipinski definition) is 3. The van der Waals surface area contributed by atoms with E-state index in [9.17, 15) is 0 Å². The normalized spacial score (nSPS) is 20.1. The molecule has 0 N–H and O–H groups in total. The van der Waals surface area contributed by atoms with Gasteiger partial charge >= 0.3 is 0 Å². The minimum Gasteiger partial charge on any atom is -0.296 e. The van der Waals surface area contributed by atoms with E-state index in [2.05, 4.69) is 15.3 Å². The molecule has 1 aromatic heterocycles. The van der Waals surface area contributed by atoms with Crippen LogP contribution in [0.2, 0.25) is 0 Å². The van der Waals surface area contributed by atoms with Crippen LogP contribution in [0.5, 0.6) is 0 Å². The Morgan fingerprint density at radius 2 is 1.88 bits per heavy atom. The van der Waals surface area contributed by atoms with Gasteiger partial charge in [0.1, 0.15) is 5.01 Å². The summed E-state index contributed by atoms with van der Waals surface area (Å²) in [6, 6.07) is 0. The summed E-state index contributed by atoms with van der Waals surface area (Å²) in [5.41, 5.74) is 1.03. The molecule has 3 rings (SSSR count). The van der Waals surface area contributed by atoms with Crippen molar-refractivity contribution in [2.24, 2.45) is 11.8 Å². The van der Waals surface area contributed by atoms with Crippen molar-refractivity contribution in [1.29, 1.82) is 0 Å². The maximum absolute atomic E-state index is 5.80. The monoisotopic (exact) mass is 270 g/mol. The number of thiazole rings is 1. The summed E-state index contributed by atoms with van der Waals surface area (Å²) in [4.78, 5) is 7.19. The summed E-state index contributed by atoms with van der Waals surface area (Å²) in [5, 5.41) is 3.33. The predicted octanol–water partition coefficient (Wildman–Crippen LogP) is 3.50. The molecule has 1 aromatic rings. The lowest BCUT2D eigenvalue weighted by atomic mass is 10.3. The highest BCUT2D eigenvalue weighted by Crippen LogP contribution is 2.34. The van der Waals surface area contributed by atoms with Gasteiger partial charge in [-0.3, -0.25) is 4.90 Å². The topological polar surface area (TPSA) is 16.1 Å². The molecule has 0 saturated heterocycles. The number of halogens is 1. The van der Waals surface area contributed by atoms with Gasteiger partial charge in [0.05, 0.1) is 18.1 Å². The molecular formula is C13H19ClN2S. The molecule has 0 spiro atoms. The lowest BCUT2D eigenvalue weighted by Crippen LogP contribution is -2.27. The maximum atomic E-state index is 5.80. The zero-order valence-corrected chi connectivity index (χ0v) is 11.6. The van der Waals surface area contributed by atoms with Gasteiger partial charge in [0.2, 0.25) is 0 Å². The Morgan fingerprint density at radius 3 is 2.35 bits per heavy atom. The van der Waals surface area contributed by atoms with Gasteiger partial charge in [-0.15, -0.1) is 22.9 Å². The lowest BCUT2D eigenvalue weighted by Gasteiger charge is -2.20. The smallest absolute Gasteiger partial charge is 0.107 e. The van der Waals surface area contributed by atoms with Gasteiger partial charge in [0.25, 0.3) is 0 Å². The second-order valence-corrected chi connectivity index (χ2v) is 6.66. The minimum absolute atomic E-state index is 0.543. The molecule has 2 aliphatic carbocycles. The Hall–Kier alpha value is -0.120. The standard InChI is InChI=1S/C13H19ClN2S/c14-5-12-9-17-13(15-12)8-16(6-10-1-2-10)7-11-3-4-11/h9-11H,1-8H2. The minimum atomic E-state index is 0.543. The van der Waals surface area contributed by atoms with Crippen LogP contribution in [0, 0.1) is 11.8 Å². The quantitative estimate of drug-likeness (QED) is 0.705. The molecule has 94 valence electrons. The Labute approximate surface area is 112 Å². The van der Waals surface area contributed by atoms with E-state index in [1.54, 1.807) is 11.3 Å². The molecule has 1 heterocycles. The van der Waals surface area contributed by atoms with E-state index in [4.69, 9.17) is 11.6 Å². The van der Waals surface area contributed by atoms with Gasteiger partial charge < -0.3 is 0 Å². The summed E-state index contributed by atoms with van der Waals surface area (Å²) in [7, 11) is 0. The molecular weight excluding hydrogens is 252 g/mol. The zero-order chi connectivity index (χ0) is 11.7. The first kappa shape index (κ1) is 11.9. The van der Waals surface area contributed by atoms with Crippen LogP contribution in [0.1, 0.15) is 36.4 Å². The van der Waals surface area contributed by atoms with E-state index in [-0.39, 0.29) is 0 Å². The molecule has 17 heavy (non-hydrogen) atoms. The van der Waals surface area contributed by atoms with E-state index >= 15 is 0 Å². The van der Waals surface area contributed by atoms with Gasteiger partial charge in [0.15, 0.2) is 0 Å². The fourth-order valence-electron chi connectivity index (χ4n) is 2.21. The second kappa shape index (κ2) is 5.25. The highest BCUT2D eigenvalue weighted by molar-refractivity contribution is 7.09. The molecule has 2 aliphatic rings. The highest BCUT2D eigenvalue weighted by atomic mass is 35.5. The largest absolute Gasteiger partial charge is 0.296 e. The Morgan fingerprint density at radius 1 is 1.24 bits per heavy atom.